The van der Waals surface area contributed by atoms with Gasteiger partial charge in [-0.05, 0) is 35.6 Å². The average molecular weight is 431 g/mol. The van der Waals surface area contributed by atoms with Crippen molar-refractivity contribution in [3.05, 3.63) is 69.1 Å². The number of nitrogens with one attached hydrogen (secondary N) is 1. The molecule has 2 aromatic heterocycles. The number of aromatic nitrogens is 3. The van der Waals surface area contributed by atoms with Gasteiger partial charge in [-0.1, -0.05) is 18.2 Å². The first-order valence-corrected chi connectivity index (χ1v) is 10.1. The second kappa shape index (κ2) is 6.69. The molecule has 30 heavy (non-hydrogen) atoms. The van der Waals surface area contributed by atoms with Crippen LogP contribution in [-0.2, 0) is 11.0 Å². The van der Waals surface area contributed by atoms with Crippen molar-refractivity contribution in [1.82, 2.24) is 14.8 Å². The Morgan fingerprint density at radius 3 is 2.60 bits per heavy atom. The molecule has 0 amide bonds. The van der Waals surface area contributed by atoms with Crippen LogP contribution in [0.25, 0.3) is 0 Å². The molecule has 154 valence electrons. The van der Waals surface area contributed by atoms with Crippen LogP contribution in [0.4, 0.5) is 25.1 Å². The number of benzene rings is 1. The number of nitrogens with two attached hydrogens (primary N) is 1. The van der Waals surface area contributed by atoms with E-state index in [9.17, 15) is 18.0 Å². The van der Waals surface area contributed by atoms with Gasteiger partial charge in [0.05, 0.1) is 5.56 Å². The quantitative estimate of drug-likeness (QED) is 0.630. The third-order valence-electron chi connectivity index (χ3n) is 5.44. The Morgan fingerprint density at radius 1 is 1.17 bits per heavy atom. The van der Waals surface area contributed by atoms with Gasteiger partial charge in [-0.15, -0.1) is 16.4 Å². The van der Waals surface area contributed by atoms with E-state index in [1.165, 1.54) is 16.8 Å². The molecule has 0 saturated carbocycles. The molecular weight excluding hydrogens is 415 g/mol. The molecular formula is C20H16F3N5OS. The number of hydrogen-bond donors (Lipinski definition) is 2. The summed E-state index contributed by atoms with van der Waals surface area (Å²) >= 11 is 1.60. The zero-order valence-corrected chi connectivity index (χ0v) is 16.3. The summed E-state index contributed by atoms with van der Waals surface area (Å²) < 4.78 is 40.5. The van der Waals surface area contributed by atoms with E-state index in [0.717, 1.165) is 22.7 Å². The molecule has 0 radical (unpaired) electrons. The SMILES string of the molecule is Nc1nc2n(n1)[C@H](c1ccc(C(F)(F)F)cc1)C1=C(C[C@@H](c3cccs3)CC1=O)N2. The molecule has 3 N–H and O–H groups in total. The molecule has 3 aromatic rings. The lowest BCUT2D eigenvalue weighted by Crippen LogP contribution is -2.33. The van der Waals surface area contributed by atoms with Gasteiger partial charge in [0.15, 0.2) is 5.78 Å². The number of alkyl halides is 3. The minimum Gasteiger partial charge on any atom is -0.366 e. The Balaban J connectivity index is 1.60. The fourth-order valence-electron chi connectivity index (χ4n) is 4.12. The Labute approximate surface area is 173 Å². The molecule has 2 aliphatic rings. The topological polar surface area (TPSA) is 85.8 Å². The first kappa shape index (κ1) is 18.9. The molecule has 2 atom stereocenters. The molecule has 1 aliphatic heterocycles. The number of ketones is 1. The van der Waals surface area contributed by atoms with Gasteiger partial charge in [-0.3, -0.25) is 4.79 Å². The van der Waals surface area contributed by atoms with E-state index in [1.807, 2.05) is 17.5 Å². The van der Waals surface area contributed by atoms with Crippen LogP contribution >= 0.6 is 11.3 Å². The van der Waals surface area contributed by atoms with Gasteiger partial charge in [-0.2, -0.15) is 18.2 Å². The molecule has 0 fully saturated rings. The fourth-order valence-corrected chi connectivity index (χ4v) is 4.95. The van der Waals surface area contributed by atoms with Crippen molar-refractivity contribution in [2.24, 2.45) is 0 Å². The number of Topliss-reactive ketones (excluding diaryl/α,β-unsaturated/α-hetero) is 1. The first-order chi connectivity index (χ1) is 14.3. The number of carbonyl (C=O) groups excluding carboxylic acids is 1. The number of anilines is 2. The van der Waals surface area contributed by atoms with E-state index in [1.54, 1.807) is 11.3 Å². The van der Waals surface area contributed by atoms with Crippen LogP contribution in [0.5, 0.6) is 0 Å². The maximum Gasteiger partial charge on any atom is 0.416 e. The fraction of sp³-hybridized carbons (Fsp3) is 0.250. The predicted octanol–water partition coefficient (Wildman–Crippen LogP) is 4.36. The number of thiophene rings is 1. The molecule has 0 bridgehead atoms. The number of nitrogens with zero attached hydrogens (tertiary/aromatic N) is 3. The van der Waals surface area contributed by atoms with Crippen molar-refractivity contribution < 1.29 is 18.0 Å². The van der Waals surface area contributed by atoms with Gasteiger partial charge < -0.3 is 11.1 Å². The number of allylic oxidation sites excluding steroid dienone is 2. The smallest absolute Gasteiger partial charge is 0.366 e. The predicted molar refractivity (Wildman–Crippen MR) is 106 cm³/mol. The van der Waals surface area contributed by atoms with Gasteiger partial charge in [-0.25, -0.2) is 4.68 Å². The van der Waals surface area contributed by atoms with Gasteiger partial charge in [0.1, 0.15) is 6.04 Å². The molecule has 0 unspecified atom stereocenters. The van der Waals surface area contributed by atoms with Crippen LogP contribution in [0.1, 0.15) is 40.8 Å². The summed E-state index contributed by atoms with van der Waals surface area (Å²) in [5.41, 5.74) is 6.76. The zero-order chi connectivity index (χ0) is 21.0. The minimum atomic E-state index is -4.44. The summed E-state index contributed by atoms with van der Waals surface area (Å²) in [4.78, 5) is 18.5. The average Bonchev–Trinajstić information content (AvgIpc) is 3.34. The van der Waals surface area contributed by atoms with Gasteiger partial charge in [0.2, 0.25) is 11.9 Å². The number of hydrogen-bond acceptors (Lipinski definition) is 6. The largest absolute Gasteiger partial charge is 0.416 e. The number of halogens is 3. The minimum absolute atomic E-state index is 0.0246. The van der Waals surface area contributed by atoms with E-state index in [2.05, 4.69) is 15.4 Å². The van der Waals surface area contributed by atoms with Gasteiger partial charge in [0.25, 0.3) is 0 Å². The van der Waals surface area contributed by atoms with Crippen LogP contribution in [0.2, 0.25) is 0 Å². The van der Waals surface area contributed by atoms with E-state index in [0.29, 0.717) is 29.9 Å². The molecule has 1 aromatic carbocycles. The van der Waals surface area contributed by atoms with E-state index in [4.69, 9.17) is 5.73 Å². The third-order valence-corrected chi connectivity index (χ3v) is 6.47. The highest BCUT2D eigenvalue weighted by Gasteiger charge is 2.40. The standard InChI is InChI=1S/C20H16F3N5OS/c21-20(22,23)12-5-3-10(4-6-12)17-16-13(25-19-26-18(24)27-28(17)19)8-11(9-14(16)29)15-2-1-7-30-15/h1-7,11,17H,8-9H2,(H3,24,25,26,27)/t11-,17-/m1/s1. The van der Waals surface area contributed by atoms with Crippen LogP contribution in [-0.4, -0.2) is 20.5 Å². The Hall–Kier alpha value is -3.14. The zero-order valence-electron chi connectivity index (χ0n) is 15.5. The summed E-state index contributed by atoms with van der Waals surface area (Å²) in [6.45, 7) is 0. The normalized spacial score (nSPS) is 21.2. The molecule has 5 rings (SSSR count). The van der Waals surface area contributed by atoms with Crippen LogP contribution in [0.15, 0.2) is 53.0 Å². The second-order valence-electron chi connectivity index (χ2n) is 7.32. The number of carbonyl (C=O) groups is 1. The number of nitrogen functional groups attached to an aromatic ring is 1. The van der Waals surface area contributed by atoms with Crippen LogP contribution in [0, 0.1) is 0 Å². The summed E-state index contributed by atoms with van der Waals surface area (Å²) in [7, 11) is 0. The summed E-state index contributed by atoms with van der Waals surface area (Å²) in [6.07, 6.45) is -3.50. The first-order valence-electron chi connectivity index (χ1n) is 9.27. The maximum atomic E-state index is 13.2. The van der Waals surface area contributed by atoms with Crippen molar-refractivity contribution in [2.45, 2.75) is 31.0 Å². The molecule has 0 saturated heterocycles. The molecule has 1 aliphatic carbocycles. The Bertz CT molecular complexity index is 1150. The van der Waals surface area contributed by atoms with E-state index < -0.39 is 17.8 Å². The highest BCUT2D eigenvalue weighted by Crippen LogP contribution is 2.45. The highest BCUT2D eigenvalue weighted by molar-refractivity contribution is 7.10. The van der Waals surface area contributed by atoms with Crippen LogP contribution in [0.3, 0.4) is 0 Å². The summed E-state index contributed by atoms with van der Waals surface area (Å²) in [6, 6.07) is 8.06. The van der Waals surface area contributed by atoms with Crippen molar-refractivity contribution in [2.75, 3.05) is 11.1 Å². The molecule has 3 heterocycles. The van der Waals surface area contributed by atoms with Crippen molar-refractivity contribution in [3.63, 3.8) is 0 Å². The van der Waals surface area contributed by atoms with E-state index in [-0.39, 0.29) is 17.6 Å². The number of rotatable bonds is 2. The Kier molecular flexibility index (Phi) is 4.21. The molecule has 10 heteroatoms. The van der Waals surface area contributed by atoms with Gasteiger partial charge >= 0.3 is 6.18 Å². The van der Waals surface area contributed by atoms with Gasteiger partial charge in [0, 0.05) is 28.5 Å². The maximum absolute atomic E-state index is 13.2. The molecule has 0 spiro atoms. The van der Waals surface area contributed by atoms with E-state index >= 15 is 0 Å². The Morgan fingerprint density at radius 2 is 1.93 bits per heavy atom. The summed E-state index contributed by atoms with van der Waals surface area (Å²) in [5.74, 6) is 0.378. The monoisotopic (exact) mass is 431 g/mol. The lowest BCUT2D eigenvalue weighted by atomic mass is 9.80. The van der Waals surface area contributed by atoms with Crippen LogP contribution < -0.4 is 11.1 Å². The number of fused-ring (bicyclic) bond motifs is 1. The molecule has 6 nitrogen and oxygen atoms in total. The summed E-state index contributed by atoms with van der Waals surface area (Å²) in [5, 5.41) is 9.33. The lowest BCUT2D eigenvalue weighted by molar-refractivity contribution is -0.137. The van der Waals surface area contributed by atoms with Crippen molar-refractivity contribution >= 4 is 29.0 Å². The lowest BCUT2D eigenvalue weighted by Gasteiger charge is -2.34. The van der Waals surface area contributed by atoms with Crippen molar-refractivity contribution in [1.29, 1.82) is 0 Å². The van der Waals surface area contributed by atoms with Crippen molar-refractivity contribution in [3.8, 4) is 0 Å². The second-order valence-corrected chi connectivity index (χ2v) is 8.30. The highest BCUT2D eigenvalue weighted by atomic mass is 32.1. The third kappa shape index (κ3) is 3.07.